The molecule has 1 saturated carbocycles. The molecular formula is C13H14F2N2S. The van der Waals surface area contributed by atoms with Crippen LogP contribution in [0.5, 0.6) is 0 Å². The predicted octanol–water partition coefficient (Wildman–Crippen LogP) is 4.34. The summed E-state index contributed by atoms with van der Waals surface area (Å²) in [6.07, 6.45) is 3.52. The lowest BCUT2D eigenvalue weighted by Crippen LogP contribution is -2.06. The Hall–Kier alpha value is -1.23. The molecule has 2 aromatic rings. The molecular weight excluding hydrogens is 254 g/mol. The highest BCUT2D eigenvalue weighted by atomic mass is 32.1. The summed E-state index contributed by atoms with van der Waals surface area (Å²) < 4.78 is 29.3. The topological polar surface area (TPSA) is 20.7 Å². The summed E-state index contributed by atoms with van der Waals surface area (Å²) in [5.74, 6) is -0.417. The number of H-pyrrole nitrogens is 1. The third-order valence-corrected chi connectivity index (χ3v) is 3.86. The second kappa shape index (κ2) is 4.16. The van der Waals surface area contributed by atoms with Crippen LogP contribution in [-0.4, -0.2) is 9.55 Å². The van der Waals surface area contributed by atoms with Crippen molar-refractivity contribution >= 4 is 23.3 Å². The largest absolute Gasteiger partial charge is 0.328 e. The van der Waals surface area contributed by atoms with E-state index >= 15 is 0 Å². The summed E-state index contributed by atoms with van der Waals surface area (Å²) in [4.78, 5) is 2.83. The Labute approximate surface area is 109 Å². The first-order chi connectivity index (χ1) is 8.56. The van der Waals surface area contributed by atoms with E-state index in [1.807, 2.05) is 11.5 Å². The molecule has 1 aromatic heterocycles. The maximum atomic E-state index is 13.6. The van der Waals surface area contributed by atoms with Crippen molar-refractivity contribution in [2.45, 2.75) is 32.2 Å². The van der Waals surface area contributed by atoms with Gasteiger partial charge in [-0.1, -0.05) is 12.8 Å². The van der Waals surface area contributed by atoms with Gasteiger partial charge in [0.1, 0.15) is 11.3 Å². The van der Waals surface area contributed by atoms with Crippen molar-refractivity contribution < 1.29 is 8.78 Å². The van der Waals surface area contributed by atoms with Gasteiger partial charge in [-0.3, -0.25) is 0 Å². The number of nitrogens with one attached hydrogen (secondary N) is 1. The lowest BCUT2D eigenvalue weighted by atomic mass is 10.1. The zero-order valence-corrected chi connectivity index (χ0v) is 10.9. The molecule has 0 saturated heterocycles. The molecule has 0 amide bonds. The Bertz CT molecular complexity index is 655. The Morgan fingerprint density at radius 2 is 2.17 bits per heavy atom. The van der Waals surface area contributed by atoms with Crippen molar-refractivity contribution in [3.63, 3.8) is 0 Å². The van der Waals surface area contributed by atoms with E-state index in [-0.39, 0.29) is 6.04 Å². The molecule has 1 atom stereocenters. The van der Waals surface area contributed by atoms with Crippen LogP contribution in [0.2, 0.25) is 0 Å². The molecule has 0 aliphatic heterocycles. The van der Waals surface area contributed by atoms with Crippen LogP contribution in [0.25, 0.3) is 11.0 Å². The van der Waals surface area contributed by atoms with E-state index in [0.29, 0.717) is 15.8 Å². The van der Waals surface area contributed by atoms with E-state index < -0.39 is 11.6 Å². The van der Waals surface area contributed by atoms with Crippen LogP contribution >= 0.6 is 12.2 Å². The molecule has 1 heterocycles. The van der Waals surface area contributed by atoms with Gasteiger partial charge in [-0.15, -0.1) is 0 Å². The van der Waals surface area contributed by atoms with Crippen molar-refractivity contribution in [2.75, 3.05) is 0 Å². The fourth-order valence-corrected chi connectivity index (χ4v) is 2.91. The van der Waals surface area contributed by atoms with Crippen LogP contribution in [0.4, 0.5) is 8.78 Å². The third-order valence-electron chi connectivity index (χ3n) is 3.56. The number of imidazole rings is 1. The number of hydrogen-bond donors (Lipinski definition) is 1. The zero-order valence-electron chi connectivity index (χ0n) is 10.0. The molecule has 0 spiro atoms. The normalized spacial score (nSPS) is 17.3. The van der Waals surface area contributed by atoms with Gasteiger partial charge in [0.2, 0.25) is 0 Å². The minimum atomic E-state index is -0.589. The molecule has 1 fully saturated rings. The molecule has 1 aliphatic carbocycles. The first kappa shape index (κ1) is 11.8. The molecule has 1 unspecified atom stereocenters. The standard InChI is InChI=1S/C13H14F2N2S/c1-7(4-8-2-3-8)17-11-6-9(14)5-10(15)12(11)16-13(17)18/h5-8H,2-4H2,1H3,(H,16,18). The number of aromatic nitrogens is 2. The Balaban J connectivity index is 2.14. The van der Waals surface area contributed by atoms with Crippen LogP contribution in [0.1, 0.15) is 32.2 Å². The Morgan fingerprint density at radius 1 is 1.44 bits per heavy atom. The molecule has 0 bridgehead atoms. The predicted molar refractivity (Wildman–Crippen MR) is 69.1 cm³/mol. The van der Waals surface area contributed by atoms with Gasteiger partial charge in [0, 0.05) is 12.1 Å². The van der Waals surface area contributed by atoms with Gasteiger partial charge in [-0.2, -0.15) is 0 Å². The van der Waals surface area contributed by atoms with Crippen molar-refractivity contribution in [1.82, 2.24) is 9.55 Å². The summed E-state index contributed by atoms with van der Waals surface area (Å²) in [6, 6.07) is 2.39. The highest BCUT2D eigenvalue weighted by molar-refractivity contribution is 7.71. The van der Waals surface area contributed by atoms with Crippen molar-refractivity contribution in [3.05, 3.63) is 28.5 Å². The maximum Gasteiger partial charge on any atom is 0.178 e. The van der Waals surface area contributed by atoms with Crippen molar-refractivity contribution in [1.29, 1.82) is 0 Å². The van der Waals surface area contributed by atoms with Gasteiger partial charge in [-0.05, 0) is 37.5 Å². The summed E-state index contributed by atoms with van der Waals surface area (Å²) in [5.41, 5.74) is 0.815. The number of aromatic amines is 1. The van der Waals surface area contributed by atoms with E-state index in [0.717, 1.165) is 18.4 Å². The van der Waals surface area contributed by atoms with Gasteiger partial charge >= 0.3 is 0 Å². The fraction of sp³-hybridized carbons (Fsp3) is 0.462. The maximum absolute atomic E-state index is 13.6. The highest BCUT2D eigenvalue weighted by Crippen LogP contribution is 2.37. The van der Waals surface area contributed by atoms with Crippen LogP contribution in [0.3, 0.4) is 0 Å². The molecule has 2 nitrogen and oxygen atoms in total. The van der Waals surface area contributed by atoms with Crippen molar-refractivity contribution in [3.8, 4) is 0 Å². The second-order valence-corrected chi connectivity index (χ2v) is 5.50. The summed E-state index contributed by atoms with van der Waals surface area (Å²) >= 11 is 5.22. The summed E-state index contributed by atoms with van der Waals surface area (Å²) in [5, 5.41) is 0. The van der Waals surface area contributed by atoms with Gasteiger partial charge < -0.3 is 9.55 Å². The molecule has 3 rings (SSSR count). The van der Waals surface area contributed by atoms with E-state index in [1.165, 1.54) is 18.9 Å². The molecule has 0 radical (unpaired) electrons. The van der Waals surface area contributed by atoms with Crippen molar-refractivity contribution in [2.24, 2.45) is 5.92 Å². The smallest absolute Gasteiger partial charge is 0.178 e. The number of hydrogen-bond acceptors (Lipinski definition) is 1. The number of halogens is 2. The van der Waals surface area contributed by atoms with Crippen LogP contribution in [-0.2, 0) is 0 Å². The molecule has 1 aliphatic rings. The minimum Gasteiger partial charge on any atom is -0.328 e. The van der Waals surface area contributed by atoms with Crippen LogP contribution < -0.4 is 0 Å². The summed E-state index contributed by atoms with van der Waals surface area (Å²) in [6.45, 7) is 2.05. The van der Waals surface area contributed by atoms with Gasteiger partial charge in [0.25, 0.3) is 0 Å². The quantitative estimate of drug-likeness (QED) is 0.821. The SMILES string of the molecule is CC(CC1CC1)n1c(=S)[nH]c2c(F)cc(F)cc21. The van der Waals surface area contributed by atoms with E-state index in [1.54, 1.807) is 0 Å². The van der Waals surface area contributed by atoms with Gasteiger partial charge in [0.05, 0.1) is 5.52 Å². The monoisotopic (exact) mass is 268 g/mol. The number of rotatable bonds is 3. The van der Waals surface area contributed by atoms with E-state index in [2.05, 4.69) is 4.98 Å². The van der Waals surface area contributed by atoms with Gasteiger partial charge in [-0.25, -0.2) is 8.78 Å². The lowest BCUT2D eigenvalue weighted by molar-refractivity contribution is 0.482. The zero-order chi connectivity index (χ0) is 12.9. The Kier molecular flexibility index (Phi) is 2.73. The van der Waals surface area contributed by atoms with Gasteiger partial charge in [0.15, 0.2) is 10.6 Å². The van der Waals surface area contributed by atoms with Crippen LogP contribution in [0.15, 0.2) is 12.1 Å². The molecule has 18 heavy (non-hydrogen) atoms. The van der Waals surface area contributed by atoms with E-state index in [4.69, 9.17) is 12.2 Å². The Morgan fingerprint density at radius 3 is 2.83 bits per heavy atom. The molecule has 96 valence electrons. The average Bonchev–Trinajstić information content (AvgIpc) is 3.01. The third kappa shape index (κ3) is 1.96. The molecule has 1 N–H and O–H groups in total. The highest BCUT2D eigenvalue weighted by Gasteiger charge is 2.25. The number of nitrogens with zero attached hydrogens (tertiary/aromatic N) is 1. The summed E-state index contributed by atoms with van der Waals surface area (Å²) in [7, 11) is 0. The van der Waals surface area contributed by atoms with Crippen LogP contribution in [0, 0.1) is 22.3 Å². The molecule has 1 aromatic carbocycles. The second-order valence-electron chi connectivity index (χ2n) is 5.11. The first-order valence-corrected chi connectivity index (χ1v) is 6.56. The minimum absolute atomic E-state index is 0.167. The van der Waals surface area contributed by atoms with E-state index in [9.17, 15) is 8.78 Å². The fourth-order valence-electron chi connectivity index (χ4n) is 2.53. The average molecular weight is 268 g/mol. The number of fused-ring (bicyclic) bond motifs is 1. The molecule has 5 heteroatoms. The number of benzene rings is 1. The first-order valence-electron chi connectivity index (χ1n) is 6.15. The lowest BCUT2D eigenvalue weighted by Gasteiger charge is -2.14.